The van der Waals surface area contributed by atoms with Crippen LogP contribution in [-0.4, -0.2) is 0 Å². The minimum Gasteiger partial charge on any atom is -0.379 e. The second-order valence-electron chi connectivity index (χ2n) is 6.70. The van der Waals surface area contributed by atoms with Gasteiger partial charge in [0.1, 0.15) is 5.82 Å². The van der Waals surface area contributed by atoms with Crippen molar-refractivity contribution in [3.63, 3.8) is 0 Å². The van der Waals surface area contributed by atoms with Gasteiger partial charge in [0.15, 0.2) is 0 Å². The molecule has 112 valence electrons. The first-order chi connectivity index (χ1) is 9.77. The maximum absolute atomic E-state index is 13.6. The van der Waals surface area contributed by atoms with Crippen molar-refractivity contribution in [2.24, 2.45) is 0 Å². The Labute approximate surface area is 127 Å². The summed E-state index contributed by atoms with van der Waals surface area (Å²) in [6.07, 6.45) is 0. The maximum atomic E-state index is 13.6. The Bertz CT molecular complexity index is 608. The fraction of sp³-hybridized carbons (Fsp3) is 0.368. The van der Waals surface area contributed by atoms with Crippen molar-refractivity contribution in [2.75, 3.05) is 5.32 Å². The molecule has 2 aromatic rings. The van der Waals surface area contributed by atoms with E-state index in [1.165, 1.54) is 5.56 Å². The number of nitrogens with one attached hydrogen (secondary N) is 1. The number of rotatable bonds is 3. The molecule has 1 nitrogen and oxygen atoms in total. The summed E-state index contributed by atoms with van der Waals surface area (Å²) in [6.45, 7) is 10.4. The smallest absolute Gasteiger partial charge is 0.126 e. The molecule has 1 N–H and O–H groups in total. The van der Waals surface area contributed by atoms with Gasteiger partial charge >= 0.3 is 0 Å². The standard InChI is InChI=1S/C19H24FN/c1-13-6-7-15(12-18(13)20)14(2)21-17-10-8-16(9-11-17)19(3,4)5/h6-12,14,21H,1-5H3. The Hall–Kier alpha value is -1.83. The molecule has 0 fully saturated rings. The van der Waals surface area contributed by atoms with Gasteiger partial charge in [-0.1, -0.05) is 45.0 Å². The predicted octanol–water partition coefficient (Wildman–Crippen LogP) is 5.60. The minimum absolute atomic E-state index is 0.0700. The van der Waals surface area contributed by atoms with Gasteiger partial charge < -0.3 is 5.32 Å². The highest BCUT2D eigenvalue weighted by atomic mass is 19.1. The molecule has 2 rings (SSSR count). The van der Waals surface area contributed by atoms with E-state index in [1.807, 2.05) is 19.1 Å². The zero-order valence-corrected chi connectivity index (χ0v) is 13.5. The zero-order chi connectivity index (χ0) is 15.6. The molecule has 0 saturated carbocycles. The highest BCUT2D eigenvalue weighted by molar-refractivity contribution is 5.47. The average molecular weight is 285 g/mol. The van der Waals surface area contributed by atoms with Crippen LogP contribution in [0.15, 0.2) is 42.5 Å². The van der Waals surface area contributed by atoms with Crippen LogP contribution in [0.25, 0.3) is 0 Å². The lowest BCUT2D eigenvalue weighted by Gasteiger charge is -2.21. The van der Waals surface area contributed by atoms with Crippen molar-refractivity contribution >= 4 is 5.69 Å². The van der Waals surface area contributed by atoms with E-state index in [2.05, 4.69) is 50.4 Å². The highest BCUT2D eigenvalue weighted by Crippen LogP contribution is 2.25. The maximum Gasteiger partial charge on any atom is 0.126 e. The number of aryl methyl sites for hydroxylation is 1. The lowest BCUT2D eigenvalue weighted by molar-refractivity contribution is 0.590. The highest BCUT2D eigenvalue weighted by Gasteiger charge is 2.13. The van der Waals surface area contributed by atoms with E-state index in [0.717, 1.165) is 11.3 Å². The van der Waals surface area contributed by atoms with Gasteiger partial charge in [0.05, 0.1) is 0 Å². The fourth-order valence-corrected chi connectivity index (χ4v) is 2.28. The lowest BCUT2D eigenvalue weighted by Crippen LogP contribution is -2.11. The van der Waals surface area contributed by atoms with E-state index in [0.29, 0.717) is 5.56 Å². The first-order valence-electron chi connectivity index (χ1n) is 7.40. The van der Waals surface area contributed by atoms with E-state index >= 15 is 0 Å². The monoisotopic (exact) mass is 285 g/mol. The molecule has 0 amide bonds. The molecule has 0 spiro atoms. The van der Waals surface area contributed by atoms with Crippen molar-refractivity contribution in [3.8, 4) is 0 Å². The van der Waals surface area contributed by atoms with Crippen molar-refractivity contribution < 1.29 is 4.39 Å². The van der Waals surface area contributed by atoms with Gasteiger partial charge in [0, 0.05) is 11.7 Å². The van der Waals surface area contributed by atoms with Crippen LogP contribution in [0.4, 0.5) is 10.1 Å². The molecule has 0 radical (unpaired) electrons. The second-order valence-corrected chi connectivity index (χ2v) is 6.70. The summed E-state index contributed by atoms with van der Waals surface area (Å²) in [4.78, 5) is 0. The van der Waals surface area contributed by atoms with E-state index in [1.54, 1.807) is 13.0 Å². The molecule has 1 atom stereocenters. The Balaban J connectivity index is 2.12. The molecule has 21 heavy (non-hydrogen) atoms. The van der Waals surface area contributed by atoms with E-state index in [9.17, 15) is 4.39 Å². The van der Waals surface area contributed by atoms with Gasteiger partial charge in [-0.3, -0.25) is 0 Å². The van der Waals surface area contributed by atoms with Crippen LogP contribution < -0.4 is 5.32 Å². The Morgan fingerprint density at radius 2 is 1.62 bits per heavy atom. The minimum atomic E-state index is -0.149. The summed E-state index contributed by atoms with van der Waals surface area (Å²) in [5.74, 6) is -0.149. The predicted molar refractivity (Wildman–Crippen MR) is 88.3 cm³/mol. The summed E-state index contributed by atoms with van der Waals surface area (Å²) < 4.78 is 13.6. The number of hydrogen-bond donors (Lipinski definition) is 1. The van der Waals surface area contributed by atoms with E-state index in [4.69, 9.17) is 0 Å². The molecule has 0 aliphatic rings. The third-order valence-electron chi connectivity index (χ3n) is 3.83. The van der Waals surface area contributed by atoms with Crippen molar-refractivity contribution in [3.05, 3.63) is 65.0 Å². The summed E-state index contributed by atoms with van der Waals surface area (Å²) in [6, 6.07) is 13.9. The second kappa shape index (κ2) is 5.88. The summed E-state index contributed by atoms with van der Waals surface area (Å²) >= 11 is 0. The molecule has 2 aromatic carbocycles. The molecule has 1 unspecified atom stereocenters. The topological polar surface area (TPSA) is 12.0 Å². The first-order valence-corrected chi connectivity index (χ1v) is 7.40. The van der Waals surface area contributed by atoms with Gasteiger partial charge in [-0.2, -0.15) is 0 Å². The molecule has 0 saturated heterocycles. The van der Waals surface area contributed by atoms with Gasteiger partial charge in [0.25, 0.3) is 0 Å². The van der Waals surface area contributed by atoms with Crippen LogP contribution in [0.3, 0.4) is 0 Å². The summed E-state index contributed by atoms with van der Waals surface area (Å²) in [5, 5.41) is 3.42. The average Bonchev–Trinajstić information content (AvgIpc) is 2.41. The number of halogens is 1. The van der Waals surface area contributed by atoms with Crippen LogP contribution in [0.1, 0.15) is 50.4 Å². The number of benzene rings is 2. The first kappa shape index (κ1) is 15.6. The van der Waals surface area contributed by atoms with Crippen molar-refractivity contribution in [1.29, 1.82) is 0 Å². The fourth-order valence-electron chi connectivity index (χ4n) is 2.28. The lowest BCUT2D eigenvalue weighted by atomic mass is 9.87. The normalized spacial score (nSPS) is 13.0. The third-order valence-corrected chi connectivity index (χ3v) is 3.83. The molecule has 0 aliphatic carbocycles. The van der Waals surface area contributed by atoms with Crippen LogP contribution >= 0.6 is 0 Å². The summed E-state index contributed by atoms with van der Waals surface area (Å²) in [7, 11) is 0. The summed E-state index contributed by atoms with van der Waals surface area (Å²) in [5.41, 5.74) is 4.15. The van der Waals surface area contributed by atoms with Crippen molar-refractivity contribution in [1.82, 2.24) is 0 Å². The molecular weight excluding hydrogens is 261 g/mol. The molecule has 0 aromatic heterocycles. The number of anilines is 1. The van der Waals surface area contributed by atoms with Crippen LogP contribution in [0.2, 0.25) is 0 Å². The van der Waals surface area contributed by atoms with Gasteiger partial charge in [-0.25, -0.2) is 4.39 Å². The molecule has 2 heteroatoms. The Morgan fingerprint density at radius 1 is 1.00 bits per heavy atom. The third kappa shape index (κ3) is 3.84. The van der Waals surface area contributed by atoms with E-state index in [-0.39, 0.29) is 17.3 Å². The van der Waals surface area contributed by atoms with Crippen LogP contribution in [0.5, 0.6) is 0 Å². The Kier molecular flexibility index (Phi) is 4.36. The molecular formula is C19H24FN. The largest absolute Gasteiger partial charge is 0.379 e. The van der Waals surface area contributed by atoms with Gasteiger partial charge in [0.2, 0.25) is 0 Å². The quantitative estimate of drug-likeness (QED) is 0.773. The SMILES string of the molecule is Cc1ccc(C(C)Nc2ccc(C(C)(C)C)cc2)cc1F. The van der Waals surface area contributed by atoms with Gasteiger partial charge in [-0.05, 0) is 54.2 Å². The van der Waals surface area contributed by atoms with Crippen LogP contribution in [0, 0.1) is 12.7 Å². The van der Waals surface area contributed by atoms with Crippen LogP contribution in [-0.2, 0) is 5.41 Å². The van der Waals surface area contributed by atoms with Gasteiger partial charge in [-0.15, -0.1) is 0 Å². The zero-order valence-electron chi connectivity index (χ0n) is 13.5. The van der Waals surface area contributed by atoms with Crippen molar-refractivity contribution in [2.45, 2.75) is 46.1 Å². The molecule has 0 aliphatic heterocycles. The molecule has 0 bridgehead atoms. The van der Waals surface area contributed by atoms with E-state index < -0.39 is 0 Å². The number of hydrogen-bond acceptors (Lipinski definition) is 1. The Morgan fingerprint density at radius 3 is 2.14 bits per heavy atom. The molecule has 0 heterocycles.